The molecule has 1 saturated carbocycles. The van der Waals surface area contributed by atoms with Crippen molar-refractivity contribution in [2.24, 2.45) is 5.92 Å². The van der Waals surface area contributed by atoms with Gasteiger partial charge in [-0.05, 0) is 43.5 Å². The Balaban J connectivity index is 0.00000256. The molecular formula is C21H20Cl3F3N2O. The minimum Gasteiger partial charge on any atom is -0.343 e. The first kappa shape index (κ1) is 23.2. The Bertz CT molecular complexity index is 947. The lowest BCUT2D eigenvalue weighted by Gasteiger charge is -2.47. The highest BCUT2D eigenvalue weighted by Gasteiger charge is 2.59. The molecule has 0 spiro atoms. The summed E-state index contributed by atoms with van der Waals surface area (Å²) in [5.74, 6) is -0.137. The van der Waals surface area contributed by atoms with Crippen LogP contribution in [0.25, 0.3) is 0 Å². The summed E-state index contributed by atoms with van der Waals surface area (Å²) in [5, 5.41) is 2.15. The maximum absolute atomic E-state index is 13.2. The number of halogens is 6. The molecule has 3 nitrogen and oxygen atoms in total. The number of nitrogens with one attached hydrogen (secondary N) is 1. The number of nitrogens with zero attached hydrogens (tertiary/aromatic N) is 1. The van der Waals surface area contributed by atoms with Gasteiger partial charge in [0.05, 0.1) is 27.2 Å². The smallest absolute Gasteiger partial charge is 0.343 e. The molecule has 3 aliphatic rings. The molecule has 0 aromatic heterocycles. The van der Waals surface area contributed by atoms with Gasteiger partial charge in [-0.15, -0.1) is 12.4 Å². The molecule has 5 rings (SSSR count). The molecule has 1 N–H and O–H groups in total. The Hall–Kier alpha value is -1.47. The Morgan fingerprint density at radius 3 is 2.33 bits per heavy atom. The molecule has 9 heteroatoms. The van der Waals surface area contributed by atoms with Gasteiger partial charge in [0.25, 0.3) is 5.91 Å². The lowest BCUT2D eigenvalue weighted by molar-refractivity contribution is -0.137. The zero-order valence-electron chi connectivity index (χ0n) is 16.0. The Kier molecular flexibility index (Phi) is 6.36. The molecule has 2 bridgehead atoms. The summed E-state index contributed by atoms with van der Waals surface area (Å²) in [6.07, 6.45) is -2.83. The van der Waals surface area contributed by atoms with Gasteiger partial charge in [0, 0.05) is 12.1 Å². The van der Waals surface area contributed by atoms with Gasteiger partial charge in [-0.1, -0.05) is 53.5 Å². The average molecular weight is 480 g/mol. The second kappa shape index (κ2) is 8.23. The minimum absolute atomic E-state index is 0. The molecular weight excluding hydrogens is 460 g/mol. The van der Waals surface area contributed by atoms with Crippen LogP contribution in [0.4, 0.5) is 13.2 Å². The third-order valence-electron chi connectivity index (χ3n) is 6.15. The van der Waals surface area contributed by atoms with E-state index in [4.69, 9.17) is 23.2 Å². The predicted molar refractivity (Wildman–Crippen MR) is 113 cm³/mol. The molecule has 0 radical (unpaired) electrons. The van der Waals surface area contributed by atoms with Crippen molar-refractivity contribution in [1.82, 2.24) is 10.2 Å². The highest BCUT2D eigenvalue weighted by Crippen LogP contribution is 2.56. The number of benzene rings is 2. The monoisotopic (exact) mass is 478 g/mol. The van der Waals surface area contributed by atoms with Crippen molar-refractivity contribution in [2.45, 2.75) is 30.6 Å². The van der Waals surface area contributed by atoms with Crippen LogP contribution in [-0.4, -0.2) is 29.9 Å². The van der Waals surface area contributed by atoms with E-state index in [2.05, 4.69) is 10.2 Å². The van der Waals surface area contributed by atoms with E-state index in [-0.39, 0.29) is 34.6 Å². The van der Waals surface area contributed by atoms with E-state index in [1.54, 1.807) is 0 Å². The van der Waals surface area contributed by atoms with Gasteiger partial charge in [-0.25, -0.2) is 0 Å². The molecule has 30 heavy (non-hydrogen) atoms. The molecule has 2 aliphatic heterocycles. The fraction of sp³-hybridized carbons (Fsp3) is 0.381. The molecule has 2 saturated heterocycles. The molecule has 2 heterocycles. The van der Waals surface area contributed by atoms with Crippen LogP contribution in [-0.2, 0) is 6.18 Å². The topological polar surface area (TPSA) is 32.3 Å². The molecule has 162 valence electrons. The van der Waals surface area contributed by atoms with Gasteiger partial charge in [0.2, 0.25) is 0 Å². The lowest BCUT2D eigenvalue weighted by Crippen LogP contribution is -2.55. The van der Waals surface area contributed by atoms with Crippen LogP contribution in [0, 0.1) is 5.92 Å². The van der Waals surface area contributed by atoms with Gasteiger partial charge in [0.1, 0.15) is 0 Å². The molecule has 1 atom stereocenters. The van der Waals surface area contributed by atoms with Crippen molar-refractivity contribution in [3.63, 3.8) is 0 Å². The lowest BCUT2D eigenvalue weighted by atomic mass is 9.67. The second-order valence-corrected chi connectivity index (χ2v) is 8.64. The van der Waals surface area contributed by atoms with Crippen molar-refractivity contribution >= 4 is 41.5 Å². The van der Waals surface area contributed by atoms with Crippen molar-refractivity contribution in [3.8, 4) is 0 Å². The van der Waals surface area contributed by atoms with Gasteiger partial charge < -0.3 is 5.32 Å². The number of carbonyl (C=O) groups excluding carboxylic acids is 1. The number of amides is 1. The zero-order chi connectivity index (χ0) is 21.0. The van der Waals surface area contributed by atoms with Gasteiger partial charge >= 0.3 is 6.18 Å². The predicted octanol–water partition coefficient (Wildman–Crippen LogP) is 6.00. The van der Waals surface area contributed by atoms with Gasteiger partial charge in [-0.2, -0.15) is 13.2 Å². The highest BCUT2D eigenvalue weighted by molar-refractivity contribution is 6.40. The largest absolute Gasteiger partial charge is 0.417 e. The number of carbonyl (C=O) groups is 1. The van der Waals surface area contributed by atoms with Crippen LogP contribution in [0.1, 0.15) is 40.4 Å². The molecule has 3 fully saturated rings. The van der Waals surface area contributed by atoms with E-state index in [1.165, 1.54) is 0 Å². The maximum atomic E-state index is 13.2. The van der Waals surface area contributed by atoms with E-state index in [0.717, 1.165) is 37.1 Å². The standard InChI is InChI=1S/C21H19Cl2F3N2O.ClH/c1-28-11-12-9-20(28,10-12)18(13-5-3-2-4-6-13)27-19(29)16-15(22)8-7-14(17(16)23)21(24,25)26;/h2-8,12,18H,9-11H2,1H3,(H,27,29);1H. The highest BCUT2D eigenvalue weighted by atomic mass is 35.5. The molecule has 1 aliphatic carbocycles. The minimum atomic E-state index is -4.68. The number of fused-ring (bicyclic) bond motifs is 1. The van der Waals surface area contributed by atoms with Crippen molar-refractivity contribution < 1.29 is 18.0 Å². The summed E-state index contributed by atoms with van der Waals surface area (Å²) >= 11 is 12.1. The molecule has 2 aromatic rings. The molecule has 1 unspecified atom stereocenters. The van der Waals surface area contributed by atoms with Crippen LogP contribution >= 0.6 is 35.6 Å². The maximum Gasteiger partial charge on any atom is 0.417 e. The van der Waals surface area contributed by atoms with E-state index >= 15 is 0 Å². The number of hydrogen-bond donors (Lipinski definition) is 1. The summed E-state index contributed by atoms with van der Waals surface area (Å²) in [5.41, 5.74) is -0.795. The summed E-state index contributed by atoms with van der Waals surface area (Å²) in [6.45, 7) is 0.935. The fourth-order valence-electron chi connectivity index (χ4n) is 4.76. The molecule has 1 amide bonds. The van der Waals surface area contributed by atoms with Crippen LogP contribution in [0.3, 0.4) is 0 Å². The Morgan fingerprint density at radius 2 is 1.80 bits per heavy atom. The Labute approximate surface area is 188 Å². The zero-order valence-corrected chi connectivity index (χ0v) is 18.3. The number of rotatable bonds is 4. The van der Waals surface area contributed by atoms with Crippen LogP contribution in [0.15, 0.2) is 42.5 Å². The average Bonchev–Trinajstić information content (AvgIpc) is 3.11. The number of likely N-dealkylation sites (N-methyl/N-ethyl adjacent to an activating group) is 1. The van der Waals surface area contributed by atoms with Crippen LogP contribution in [0.5, 0.6) is 0 Å². The first-order chi connectivity index (χ1) is 13.6. The van der Waals surface area contributed by atoms with Crippen molar-refractivity contribution in [1.29, 1.82) is 0 Å². The Morgan fingerprint density at radius 1 is 1.17 bits per heavy atom. The van der Waals surface area contributed by atoms with Gasteiger partial charge in [-0.3, -0.25) is 9.69 Å². The van der Waals surface area contributed by atoms with Gasteiger partial charge in [0.15, 0.2) is 0 Å². The summed E-state index contributed by atoms with van der Waals surface area (Å²) in [4.78, 5) is 15.3. The summed E-state index contributed by atoms with van der Waals surface area (Å²) in [6, 6.07) is 10.9. The van der Waals surface area contributed by atoms with E-state index < -0.39 is 22.7 Å². The second-order valence-electron chi connectivity index (χ2n) is 7.86. The first-order valence-electron chi connectivity index (χ1n) is 9.26. The van der Waals surface area contributed by atoms with E-state index in [1.807, 2.05) is 37.4 Å². The van der Waals surface area contributed by atoms with E-state index in [0.29, 0.717) is 5.92 Å². The number of hydrogen-bond acceptors (Lipinski definition) is 2. The SMILES string of the molecule is CN1CC2CC1(C(NC(=O)c1c(Cl)ccc(C(F)(F)F)c1Cl)c1ccccc1)C2.Cl. The van der Waals surface area contributed by atoms with E-state index in [9.17, 15) is 18.0 Å². The number of alkyl halides is 3. The van der Waals surface area contributed by atoms with Crippen molar-refractivity contribution in [3.05, 3.63) is 69.2 Å². The fourth-order valence-corrected chi connectivity index (χ4v) is 5.41. The summed E-state index contributed by atoms with van der Waals surface area (Å²) < 4.78 is 39.7. The normalized spacial score (nSPS) is 24.0. The first-order valence-corrected chi connectivity index (χ1v) is 10.0. The van der Waals surface area contributed by atoms with Crippen molar-refractivity contribution in [2.75, 3.05) is 13.6 Å². The van der Waals surface area contributed by atoms with Crippen LogP contribution in [0.2, 0.25) is 10.0 Å². The third kappa shape index (κ3) is 3.79. The van der Waals surface area contributed by atoms with Crippen LogP contribution < -0.4 is 5.32 Å². The third-order valence-corrected chi connectivity index (χ3v) is 6.85. The summed E-state index contributed by atoms with van der Waals surface area (Å²) in [7, 11) is 2.01. The quantitative estimate of drug-likeness (QED) is 0.583. The molecule has 2 aromatic carbocycles.